The number of aliphatic carboxylic acids is 1. The van der Waals surface area contributed by atoms with E-state index in [1.54, 1.807) is 11.8 Å². The number of likely N-dealkylation sites (N-methyl/N-ethyl adjacent to an activating group) is 1. The molecule has 2 aliphatic rings. The number of likely N-dealkylation sites (tertiary alicyclic amines) is 1. The molecule has 4 nitrogen and oxygen atoms in total. The van der Waals surface area contributed by atoms with Crippen LogP contribution in [-0.2, 0) is 4.79 Å². The van der Waals surface area contributed by atoms with Gasteiger partial charge in [0.1, 0.15) is 6.04 Å². The molecule has 0 aromatic carbocycles. The molecule has 2 heterocycles. The van der Waals surface area contributed by atoms with Crippen molar-refractivity contribution in [3.8, 4) is 0 Å². The van der Waals surface area contributed by atoms with Crippen LogP contribution in [0, 0.1) is 0 Å². The number of nitrogens with zero attached hydrogens (tertiary/aromatic N) is 1. The van der Waals surface area contributed by atoms with Crippen LogP contribution in [0.15, 0.2) is 0 Å². The molecule has 1 spiro atoms. The van der Waals surface area contributed by atoms with Crippen LogP contribution in [0.5, 0.6) is 0 Å². The van der Waals surface area contributed by atoms with Crippen molar-refractivity contribution in [2.24, 2.45) is 0 Å². The average molecular weight is 202 g/mol. The summed E-state index contributed by atoms with van der Waals surface area (Å²) in [6.45, 7) is 2.02. The summed E-state index contributed by atoms with van der Waals surface area (Å²) in [7, 11) is 2.07. The smallest absolute Gasteiger partial charge is 0.321 e. The fourth-order valence-electron chi connectivity index (χ4n) is 1.98. The maximum absolute atomic E-state index is 10.7. The standard InChI is InChI=1S/C8H14N2O2S/c1-10-3-2-8(5-10)9-6(4-13-8)7(11)12/h6,9H,2-5H2,1H3,(H,11,12). The Balaban J connectivity index is 2.01. The molecule has 5 heteroatoms. The van der Waals surface area contributed by atoms with E-state index >= 15 is 0 Å². The first-order chi connectivity index (χ1) is 6.11. The van der Waals surface area contributed by atoms with E-state index in [1.807, 2.05) is 0 Å². The molecular weight excluding hydrogens is 188 g/mol. The maximum Gasteiger partial charge on any atom is 0.321 e. The van der Waals surface area contributed by atoms with Gasteiger partial charge in [-0.3, -0.25) is 10.1 Å². The summed E-state index contributed by atoms with van der Waals surface area (Å²) in [4.78, 5) is 13.0. The molecule has 2 rings (SSSR count). The first-order valence-electron chi connectivity index (χ1n) is 4.44. The highest BCUT2D eigenvalue weighted by molar-refractivity contribution is 8.01. The molecule has 0 radical (unpaired) electrons. The highest BCUT2D eigenvalue weighted by Gasteiger charge is 2.45. The SMILES string of the molecule is CN1CCC2(C1)NC(C(=O)O)CS2. The van der Waals surface area contributed by atoms with Crippen LogP contribution in [0.2, 0.25) is 0 Å². The number of carbonyl (C=O) groups is 1. The Morgan fingerprint density at radius 1 is 1.77 bits per heavy atom. The molecule has 0 aromatic heterocycles. The van der Waals surface area contributed by atoms with Gasteiger partial charge in [0.25, 0.3) is 0 Å². The Labute approximate surface area is 81.7 Å². The molecule has 0 aliphatic carbocycles. The Hall–Kier alpha value is -0.260. The first-order valence-corrected chi connectivity index (χ1v) is 5.43. The number of carboxylic acid groups (broad SMARTS) is 1. The number of hydrogen-bond donors (Lipinski definition) is 2. The fraction of sp³-hybridized carbons (Fsp3) is 0.875. The lowest BCUT2D eigenvalue weighted by molar-refractivity contribution is -0.138. The van der Waals surface area contributed by atoms with Crippen molar-refractivity contribution >= 4 is 17.7 Å². The number of thioether (sulfide) groups is 1. The van der Waals surface area contributed by atoms with Gasteiger partial charge in [-0.25, -0.2) is 0 Å². The van der Waals surface area contributed by atoms with Crippen molar-refractivity contribution in [1.29, 1.82) is 0 Å². The van der Waals surface area contributed by atoms with E-state index in [9.17, 15) is 4.79 Å². The monoisotopic (exact) mass is 202 g/mol. The highest BCUT2D eigenvalue weighted by atomic mass is 32.2. The molecule has 0 amide bonds. The highest BCUT2D eigenvalue weighted by Crippen LogP contribution is 2.37. The molecule has 2 fully saturated rings. The minimum absolute atomic E-state index is 0.0256. The van der Waals surface area contributed by atoms with Crippen molar-refractivity contribution in [2.45, 2.75) is 17.3 Å². The minimum atomic E-state index is -0.723. The van der Waals surface area contributed by atoms with Crippen LogP contribution in [0.25, 0.3) is 0 Å². The topological polar surface area (TPSA) is 52.6 Å². The molecular formula is C8H14N2O2S. The molecule has 0 bridgehead atoms. The van der Waals surface area contributed by atoms with Gasteiger partial charge in [-0.1, -0.05) is 0 Å². The van der Waals surface area contributed by atoms with Gasteiger partial charge in [0.2, 0.25) is 0 Å². The van der Waals surface area contributed by atoms with E-state index in [0.717, 1.165) is 19.5 Å². The zero-order valence-electron chi connectivity index (χ0n) is 7.62. The quantitative estimate of drug-likeness (QED) is 0.617. The van der Waals surface area contributed by atoms with Crippen LogP contribution in [0.1, 0.15) is 6.42 Å². The van der Waals surface area contributed by atoms with Gasteiger partial charge in [0, 0.05) is 18.8 Å². The van der Waals surface area contributed by atoms with Gasteiger partial charge in [0.15, 0.2) is 0 Å². The summed E-state index contributed by atoms with van der Waals surface area (Å²) in [5, 5.41) is 12.1. The summed E-state index contributed by atoms with van der Waals surface area (Å²) >= 11 is 1.76. The minimum Gasteiger partial charge on any atom is -0.480 e. The van der Waals surface area contributed by atoms with E-state index in [1.165, 1.54) is 0 Å². The molecule has 2 atom stereocenters. The molecule has 2 unspecified atom stereocenters. The summed E-state index contributed by atoms with van der Waals surface area (Å²) in [5.41, 5.74) is 0. The number of nitrogens with one attached hydrogen (secondary N) is 1. The van der Waals surface area contributed by atoms with Gasteiger partial charge in [-0.15, -0.1) is 11.8 Å². The second-order valence-electron chi connectivity index (χ2n) is 3.83. The third-order valence-electron chi connectivity index (χ3n) is 2.68. The van der Waals surface area contributed by atoms with Crippen LogP contribution in [-0.4, -0.2) is 52.8 Å². The van der Waals surface area contributed by atoms with Gasteiger partial charge >= 0.3 is 5.97 Å². The zero-order valence-corrected chi connectivity index (χ0v) is 8.43. The van der Waals surface area contributed by atoms with Gasteiger partial charge in [-0.2, -0.15) is 0 Å². The Kier molecular flexibility index (Phi) is 2.25. The van der Waals surface area contributed by atoms with E-state index in [4.69, 9.17) is 5.11 Å². The van der Waals surface area contributed by atoms with E-state index in [-0.39, 0.29) is 10.9 Å². The predicted octanol–water partition coefficient (Wildman–Crippen LogP) is -0.192. The average Bonchev–Trinajstić information content (AvgIpc) is 2.61. The van der Waals surface area contributed by atoms with Crippen LogP contribution in [0.4, 0.5) is 0 Å². The molecule has 74 valence electrons. The first kappa shape index (κ1) is 9.30. The van der Waals surface area contributed by atoms with Crippen LogP contribution >= 0.6 is 11.8 Å². The van der Waals surface area contributed by atoms with Gasteiger partial charge in [0.05, 0.1) is 4.87 Å². The lowest BCUT2D eigenvalue weighted by Crippen LogP contribution is -2.46. The normalized spacial score (nSPS) is 40.2. The summed E-state index contributed by atoms with van der Waals surface area (Å²) in [5.74, 6) is -0.0256. The maximum atomic E-state index is 10.7. The van der Waals surface area contributed by atoms with Crippen LogP contribution in [0.3, 0.4) is 0 Å². The Morgan fingerprint density at radius 3 is 3.00 bits per heavy atom. The third kappa shape index (κ3) is 1.68. The van der Waals surface area contributed by atoms with Crippen LogP contribution < -0.4 is 5.32 Å². The third-order valence-corrected chi connectivity index (χ3v) is 4.19. The molecule has 2 saturated heterocycles. The lowest BCUT2D eigenvalue weighted by Gasteiger charge is -2.22. The van der Waals surface area contributed by atoms with Crippen molar-refractivity contribution in [3.05, 3.63) is 0 Å². The van der Waals surface area contributed by atoms with E-state index in [2.05, 4.69) is 17.3 Å². The predicted molar refractivity (Wildman–Crippen MR) is 51.9 cm³/mol. The second-order valence-corrected chi connectivity index (χ2v) is 5.23. The van der Waals surface area contributed by atoms with E-state index in [0.29, 0.717) is 5.75 Å². The van der Waals surface area contributed by atoms with Gasteiger partial charge in [-0.05, 0) is 13.5 Å². The number of rotatable bonds is 1. The fourth-order valence-corrected chi connectivity index (χ4v) is 3.46. The molecule has 2 N–H and O–H groups in total. The van der Waals surface area contributed by atoms with Gasteiger partial charge < -0.3 is 10.0 Å². The van der Waals surface area contributed by atoms with Crippen molar-refractivity contribution in [1.82, 2.24) is 10.2 Å². The molecule has 13 heavy (non-hydrogen) atoms. The Bertz CT molecular complexity index is 236. The second kappa shape index (κ2) is 3.15. The zero-order chi connectivity index (χ0) is 9.47. The van der Waals surface area contributed by atoms with Crippen molar-refractivity contribution in [3.63, 3.8) is 0 Å². The number of carboxylic acids is 1. The van der Waals surface area contributed by atoms with Crippen molar-refractivity contribution < 1.29 is 9.90 Å². The molecule has 0 saturated carbocycles. The Morgan fingerprint density at radius 2 is 2.54 bits per heavy atom. The lowest BCUT2D eigenvalue weighted by atomic mass is 10.2. The molecule has 2 aliphatic heterocycles. The summed E-state index contributed by atoms with van der Waals surface area (Å²) in [6, 6.07) is -0.350. The number of hydrogen-bond acceptors (Lipinski definition) is 4. The summed E-state index contributed by atoms with van der Waals surface area (Å²) in [6.07, 6.45) is 1.05. The summed E-state index contributed by atoms with van der Waals surface area (Å²) < 4.78 is 0. The largest absolute Gasteiger partial charge is 0.480 e. The molecule has 0 aromatic rings. The van der Waals surface area contributed by atoms with Crippen molar-refractivity contribution in [2.75, 3.05) is 25.9 Å². The van der Waals surface area contributed by atoms with E-state index < -0.39 is 5.97 Å².